The van der Waals surface area contributed by atoms with Gasteiger partial charge in [-0.05, 0) is 43.3 Å². The molecule has 0 saturated carbocycles. The summed E-state index contributed by atoms with van der Waals surface area (Å²) < 4.78 is 23.5. The second-order valence-electron chi connectivity index (χ2n) is 11.0. The highest BCUT2D eigenvalue weighted by Gasteiger charge is 2.46. The van der Waals surface area contributed by atoms with E-state index >= 15 is 0 Å². The number of carbonyl (C=O) groups excluding carboxylic acids is 3. The molecule has 1 aliphatic rings. The molecule has 2 heterocycles. The van der Waals surface area contributed by atoms with Crippen LogP contribution in [0.4, 0.5) is 17.1 Å². The van der Waals surface area contributed by atoms with E-state index in [0.29, 0.717) is 0 Å². The number of esters is 3. The zero-order valence-corrected chi connectivity index (χ0v) is 26.5. The van der Waals surface area contributed by atoms with E-state index in [0.717, 1.165) is 77.5 Å². The van der Waals surface area contributed by atoms with Gasteiger partial charge in [-0.15, -0.1) is 0 Å². The second-order valence-corrected chi connectivity index (χ2v) is 11.0. The predicted molar refractivity (Wildman–Crippen MR) is 170 cm³/mol. The summed E-state index contributed by atoms with van der Waals surface area (Å²) in [5, 5.41) is 37.2. The summed E-state index contributed by atoms with van der Waals surface area (Å²) in [5.41, 5.74) is -3.42. The van der Waals surface area contributed by atoms with Crippen molar-refractivity contribution in [3.63, 3.8) is 0 Å². The van der Waals surface area contributed by atoms with Crippen LogP contribution in [0.2, 0.25) is 0 Å². The molecule has 4 atom stereocenters. The van der Waals surface area contributed by atoms with Crippen molar-refractivity contribution >= 4 is 35.0 Å². The van der Waals surface area contributed by atoms with Crippen molar-refractivity contribution in [3.8, 4) is 0 Å². The minimum absolute atomic E-state index is 0.118. The maximum Gasteiger partial charge on any atom is 0.347 e. The van der Waals surface area contributed by atoms with Crippen molar-refractivity contribution in [1.29, 1.82) is 0 Å². The number of aromatic amines is 1. The predicted octanol–water partition coefficient (Wildman–Crippen LogP) is 2.56. The summed E-state index contributed by atoms with van der Waals surface area (Å²) in [4.78, 5) is 97.8. The number of nitrogens with one attached hydrogen (secondary N) is 1. The zero-order valence-electron chi connectivity index (χ0n) is 26.5. The fourth-order valence-corrected chi connectivity index (χ4v) is 4.95. The molecule has 21 heteroatoms. The Hall–Kier alpha value is -7.16. The first-order valence-corrected chi connectivity index (χ1v) is 14.9. The number of non-ortho nitro benzene ring substituents is 3. The average Bonchev–Trinajstić information content (AvgIpc) is 3.12. The van der Waals surface area contributed by atoms with Crippen LogP contribution >= 0.6 is 0 Å². The summed E-state index contributed by atoms with van der Waals surface area (Å²) in [6, 6.07) is 12.9. The summed E-state index contributed by atoms with van der Waals surface area (Å²) in [6.45, 7) is 0.551. The van der Waals surface area contributed by atoms with Gasteiger partial charge in [-0.3, -0.25) is 40.1 Å². The van der Waals surface area contributed by atoms with Gasteiger partial charge in [0.1, 0.15) is 24.5 Å². The minimum Gasteiger partial charge on any atom is -0.459 e. The number of nitrogens with zero attached hydrogens (tertiary/aromatic N) is 5. The number of aryl methyl sites for hydroxylation is 1. The standard InChI is InChI=1S/C31H24N6O15/c1-16-27(38)32-31(42)34(33-16)25-14-23(51-29(40)18-4-10-21(11-5-18)36(45)46)26(52-30(41)19-6-12-22(13-7-19)37(47)48)24(50-25)15-49-28(39)17-2-8-20(9-3-17)35(43)44/h2-13,23-26H,14-15H2,1H3,(H,32,38,42)/t23-,24-,25-,26+/m0/s1. The second kappa shape index (κ2) is 15.2. The van der Waals surface area contributed by atoms with Crippen LogP contribution in [0.3, 0.4) is 0 Å². The Morgan fingerprint density at radius 2 is 1.21 bits per heavy atom. The first kappa shape index (κ1) is 36.1. The van der Waals surface area contributed by atoms with E-state index in [-0.39, 0.29) is 39.4 Å². The highest BCUT2D eigenvalue weighted by Crippen LogP contribution is 2.32. The summed E-state index contributed by atoms with van der Waals surface area (Å²) in [5.74, 6) is -3.15. The fraction of sp³-hybridized carbons (Fsp3) is 0.226. The first-order chi connectivity index (χ1) is 24.7. The van der Waals surface area contributed by atoms with Gasteiger partial charge in [0.25, 0.3) is 22.6 Å². The Labute approximate surface area is 288 Å². The van der Waals surface area contributed by atoms with E-state index in [1.165, 1.54) is 6.92 Å². The third-order valence-corrected chi connectivity index (χ3v) is 7.61. The van der Waals surface area contributed by atoms with Crippen LogP contribution in [-0.4, -0.2) is 72.4 Å². The van der Waals surface area contributed by atoms with Gasteiger partial charge in [0.05, 0.1) is 31.5 Å². The number of hydrogen-bond acceptors (Lipinski definition) is 16. The van der Waals surface area contributed by atoms with Crippen LogP contribution in [0.15, 0.2) is 82.4 Å². The number of carbonyl (C=O) groups is 3. The molecule has 0 aliphatic carbocycles. The normalized spacial score (nSPS) is 18.1. The van der Waals surface area contributed by atoms with Gasteiger partial charge in [0, 0.05) is 42.8 Å². The molecule has 5 rings (SSSR count). The molecule has 268 valence electrons. The maximum atomic E-state index is 13.4. The van der Waals surface area contributed by atoms with Crippen LogP contribution in [0.5, 0.6) is 0 Å². The Bertz CT molecular complexity index is 2170. The van der Waals surface area contributed by atoms with E-state index in [4.69, 9.17) is 18.9 Å². The Kier molecular flexibility index (Phi) is 10.5. The number of H-pyrrole nitrogens is 1. The number of nitro benzene ring substituents is 3. The molecule has 21 nitrogen and oxygen atoms in total. The molecule has 0 radical (unpaired) electrons. The Balaban J connectivity index is 1.51. The molecule has 0 spiro atoms. The van der Waals surface area contributed by atoms with Crippen LogP contribution in [0, 0.1) is 37.3 Å². The first-order valence-electron chi connectivity index (χ1n) is 14.9. The van der Waals surface area contributed by atoms with Crippen LogP contribution < -0.4 is 11.2 Å². The van der Waals surface area contributed by atoms with Crippen molar-refractivity contribution in [2.24, 2.45) is 0 Å². The molecule has 1 N–H and O–H groups in total. The quantitative estimate of drug-likeness (QED) is 0.101. The molecular weight excluding hydrogens is 696 g/mol. The van der Waals surface area contributed by atoms with Crippen molar-refractivity contribution < 1.29 is 48.1 Å². The van der Waals surface area contributed by atoms with Crippen LogP contribution in [-0.2, 0) is 18.9 Å². The fourth-order valence-electron chi connectivity index (χ4n) is 4.95. The topological polar surface area (TPSA) is 285 Å². The Morgan fingerprint density at radius 1 is 0.769 bits per heavy atom. The lowest BCUT2D eigenvalue weighted by Crippen LogP contribution is -2.54. The number of benzene rings is 3. The molecule has 1 aromatic heterocycles. The number of nitro groups is 3. The Morgan fingerprint density at radius 3 is 1.67 bits per heavy atom. The lowest BCUT2D eigenvalue weighted by atomic mass is 9.99. The molecule has 0 unspecified atom stereocenters. The summed E-state index contributed by atoms with van der Waals surface area (Å²) in [6.07, 6.45) is -6.59. The van der Waals surface area contributed by atoms with Crippen molar-refractivity contribution in [2.45, 2.75) is 37.9 Å². The van der Waals surface area contributed by atoms with Crippen LogP contribution in [0.25, 0.3) is 0 Å². The lowest BCUT2D eigenvalue weighted by Gasteiger charge is -2.40. The van der Waals surface area contributed by atoms with Crippen molar-refractivity contribution in [2.75, 3.05) is 6.61 Å². The van der Waals surface area contributed by atoms with E-state index < -0.39 is 81.5 Å². The third-order valence-electron chi connectivity index (χ3n) is 7.61. The van der Waals surface area contributed by atoms with Gasteiger partial charge >= 0.3 is 23.6 Å². The molecule has 1 fully saturated rings. The molecule has 3 aromatic carbocycles. The molecule has 4 aromatic rings. The molecule has 0 bridgehead atoms. The van der Waals surface area contributed by atoms with E-state index in [1.807, 2.05) is 0 Å². The van der Waals surface area contributed by atoms with Gasteiger partial charge in [0.15, 0.2) is 12.3 Å². The highest BCUT2D eigenvalue weighted by molar-refractivity contribution is 5.91. The maximum absolute atomic E-state index is 13.4. The average molecular weight is 721 g/mol. The van der Waals surface area contributed by atoms with E-state index in [2.05, 4.69) is 10.1 Å². The number of rotatable bonds is 11. The van der Waals surface area contributed by atoms with E-state index in [1.54, 1.807) is 0 Å². The highest BCUT2D eigenvalue weighted by atomic mass is 16.6. The molecule has 52 heavy (non-hydrogen) atoms. The van der Waals surface area contributed by atoms with E-state index in [9.17, 15) is 54.3 Å². The van der Waals surface area contributed by atoms with Gasteiger partial charge < -0.3 is 18.9 Å². The number of aromatic nitrogens is 3. The molecule has 1 aliphatic heterocycles. The van der Waals surface area contributed by atoms with Gasteiger partial charge in [0.2, 0.25) is 0 Å². The number of ether oxygens (including phenoxy) is 4. The largest absolute Gasteiger partial charge is 0.459 e. The summed E-state index contributed by atoms with van der Waals surface area (Å²) >= 11 is 0. The van der Waals surface area contributed by atoms with Gasteiger partial charge in [-0.25, -0.2) is 19.2 Å². The lowest BCUT2D eigenvalue weighted by molar-refractivity contribution is -0.385. The number of hydrogen-bond donors (Lipinski definition) is 1. The van der Waals surface area contributed by atoms with Crippen molar-refractivity contribution in [1.82, 2.24) is 14.8 Å². The third kappa shape index (κ3) is 8.16. The SMILES string of the molecule is Cc1nn([C@@H]2C[C@H](OC(=O)c3ccc([N+](=O)[O-])cc3)[C@@H](OC(=O)c3ccc([N+](=O)[O-])cc3)[C@H](COC(=O)c3ccc([N+](=O)[O-])cc3)O2)c(=O)[nH]c1=O. The monoisotopic (exact) mass is 720 g/mol. The summed E-state index contributed by atoms with van der Waals surface area (Å²) in [7, 11) is 0. The smallest absolute Gasteiger partial charge is 0.347 e. The molecule has 0 amide bonds. The minimum atomic E-state index is -1.62. The zero-order chi connectivity index (χ0) is 37.7. The van der Waals surface area contributed by atoms with Gasteiger partial charge in [-0.2, -0.15) is 9.78 Å². The van der Waals surface area contributed by atoms with Crippen LogP contribution in [0.1, 0.15) is 49.4 Å². The molecule has 1 saturated heterocycles. The van der Waals surface area contributed by atoms with Crippen molar-refractivity contribution in [3.05, 3.63) is 146 Å². The molecular formula is C31H24N6O15. The van der Waals surface area contributed by atoms with Gasteiger partial charge in [-0.1, -0.05) is 0 Å².